The average Bonchev–Trinajstić information content (AvgIpc) is 2.88. The highest BCUT2D eigenvalue weighted by molar-refractivity contribution is 7.91. The molecule has 0 radical (unpaired) electrons. The Kier molecular flexibility index (Phi) is 7.89. The topological polar surface area (TPSA) is 101 Å². The van der Waals surface area contributed by atoms with Gasteiger partial charge >= 0.3 is 6.18 Å². The number of amides is 1. The van der Waals surface area contributed by atoms with Gasteiger partial charge in [0.15, 0.2) is 0 Å². The minimum atomic E-state index is -5.05. The monoisotopic (exact) mass is 586 g/mol. The van der Waals surface area contributed by atoms with E-state index in [9.17, 15) is 34.8 Å². The number of benzene rings is 3. The van der Waals surface area contributed by atoms with Crippen LogP contribution in [0, 0.1) is 0 Å². The van der Waals surface area contributed by atoms with Gasteiger partial charge in [-0.05, 0) is 61.4 Å². The van der Waals surface area contributed by atoms with E-state index in [4.69, 9.17) is 11.6 Å². The van der Waals surface area contributed by atoms with Crippen molar-refractivity contribution in [1.29, 1.82) is 0 Å². The van der Waals surface area contributed by atoms with Gasteiger partial charge in [0.25, 0.3) is 5.91 Å². The predicted octanol–water partition coefficient (Wildman–Crippen LogP) is 4.77. The number of sulfonamides is 1. The number of hydrogen-bond acceptors (Lipinski definition) is 5. The van der Waals surface area contributed by atoms with Crippen LogP contribution in [0.2, 0.25) is 5.02 Å². The van der Waals surface area contributed by atoms with E-state index in [1.165, 1.54) is 35.2 Å². The number of carbonyl (C=O) groups is 1. The number of sulfone groups is 1. The third-order valence-electron chi connectivity index (χ3n) is 6.09. The van der Waals surface area contributed by atoms with Crippen molar-refractivity contribution in [3.05, 3.63) is 88.9 Å². The number of nitrogens with one attached hydrogen (secondary N) is 1. The zero-order chi connectivity index (χ0) is 27.7. The normalized spacial score (nSPS) is 15.4. The molecule has 0 unspecified atom stereocenters. The molecule has 1 heterocycles. The molecule has 0 spiro atoms. The highest BCUT2D eigenvalue weighted by Gasteiger charge is 2.39. The summed E-state index contributed by atoms with van der Waals surface area (Å²) in [6.07, 6.45) is -4.75. The van der Waals surface area contributed by atoms with E-state index in [2.05, 4.69) is 4.72 Å². The minimum Gasteiger partial charge on any atom is -0.339 e. The molecule has 0 aliphatic carbocycles. The summed E-state index contributed by atoms with van der Waals surface area (Å²) in [5.41, 5.74) is -1.12. The Hall–Kier alpha value is -2.93. The summed E-state index contributed by atoms with van der Waals surface area (Å²) in [5, 5.41) is 0.385. The van der Waals surface area contributed by atoms with Crippen molar-refractivity contribution in [2.75, 3.05) is 13.1 Å². The van der Waals surface area contributed by atoms with Crippen molar-refractivity contribution in [2.45, 2.75) is 39.7 Å². The lowest BCUT2D eigenvalue weighted by Gasteiger charge is -2.32. The molecule has 13 heteroatoms. The van der Waals surface area contributed by atoms with Crippen LogP contribution in [0.25, 0.3) is 0 Å². The number of rotatable bonds is 6. The molecule has 0 atom stereocenters. The van der Waals surface area contributed by atoms with Crippen LogP contribution in [0.5, 0.6) is 0 Å². The largest absolute Gasteiger partial charge is 0.417 e. The van der Waals surface area contributed by atoms with Crippen molar-refractivity contribution in [3.8, 4) is 0 Å². The number of piperidine rings is 1. The van der Waals surface area contributed by atoms with Crippen molar-refractivity contribution in [1.82, 2.24) is 9.62 Å². The molecule has 7 nitrogen and oxygen atoms in total. The second-order valence-electron chi connectivity index (χ2n) is 8.67. The Balaban J connectivity index is 1.57. The van der Waals surface area contributed by atoms with Gasteiger partial charge in [-0.2, -0.15) is 13.2 Å². The highest BCUT2D eigenvalue weighted by atomic mass is 35.5. The molecule has 1 N–H and O–H groups in total. The molecular formula is C25H22ClF3N2O5S2. The van der Waals surface area contributed by atoms with Gasteiger partial charge < -0.3 is 4.90 Å². The third-order valence-corrected chi connectivity index (χ3v) is 9.65. The van der Waals surface area contributed by atoms with E-state index in [1.54, 1.807) is 24.3 Å². The van der Waals surface area contributed by atoms with Crippen LogP contribution in [0.3, 0.4) is 0 Å². The minimum absolute atomic E-state index is 0.148. The standard InChI is InChI=1S/C25H22ClF3N2O5S2/c26-18-6-4-5-17(15-18)24(32)31-13-11-19(12-14-31)30-38(35,36)23-16-21(9-10-22(23)25(27,28)29)37(33,34)20-7-2-1-3-8-20/h1-10,15-16,19,30H,11-14H2. The SMILES string of the molecule is O=C(c1cccc(Cl)c1)N1CCC(NS(=O)(=O)c2cc(S(=O)(=O)c3ccccc3)ccc2C(F)(F)F)CC1. The van der Waals surface area contributed by atoms with E-state index >= 15 is 0 Å². The quantitative estimate of drug-likeness (QED) is 0.448. The van der Waals surface area contributed by atoms with Gasteiger partial charge in [0.2, 0.25) is 19.9 Å². The van der Waals surface area contributed by atoms with E-state index in [-0.39, 0.29) is 36.7 Å². The van der Waals surface area contributed by atoms with Crippen LogP contribution in [0.15, 0.2) is 87.5 Å². The Morgan fingerprint density at radius 3 is 2.13 bits per heavy atom. The molecule has 3 aromatic rings. The van der Waals surface area contributed by atoms with Crippen LogP contribution >= 0.6 is 11.6 Å². The lowest BCUT2D eigenvalue weighted by molar-refractivity contribution is -0.139. The van der Waals surface area contributed by atoms with Gasteiger partial charge in [0.05, 0.1) is 20.2 Å². The number of carbonyl (C=O) groups excluding carboxylic acids is 1. The summed E-state index contributed by atoms with van der Waals surface area (Å²) >= 11 is 5.94. The van der Waals surface area contributed by atoms with Crippen LogP contribution in [0.4, 0.5) is 13.2 Å². The molecule has 4 rings (SSSR count). The van der Waals surface area contributed by atoms with Gasteiger partial charge in [0, 0.05) is 29.7 Å². The molecule has 1 amide bonds. The second kappa shape index (κ2) is 10.7. The Morgan fingerprint density at radius 1 is 0.868 bits per heavy atom. The van der Waals surface area contributed by atoms with E-state index in [0.29, 0.717) is 22.7 Å². The van der Waals surface area contributed by atoms with Crippen molar-refractivity contribution >= 4 is 37.4 Å². The lowest BCUT2D eigenvalue weighted by atomic mass is 10.0. The number of halogens is 4. The molecule has 1 aliphatic rings. The van der Waals surface area contributed by atoms with E-state index in [1.807, 2.05) is 0 Å². The third kappa shape index (κ3) is 6.04. The zero-order valence-corrected chi connectivity index (χ0v) is 22.0. The number of nitrogens with zero attached hydrogens (tertiary/aromatic N) is 1. The molecular weight excluding hydrogens is 565 g/mol. The lowest BCUT2D eigenvalue weighted by Crippen LogP contribution is -2.46. The fourth-order valence-electron chi connectivity index (χ4n) is 4.15. The maximum atomic E-state index is 13.7. The summed E-state index contributed by atoms with van der Waals surface area (Å²) in [7, 11) is -9.07. The summed E-state index contributed by atoms with van der Waals surface area (Å²) in [5.74, 6) is -0.299. The first-order valence-corrected chi connectivity index (χ1v) is 14.7. The predicted molar refractivity (Wildman–Crippen MR) is 134 cm³/mol. The second-order valence-corrected chi connectivity index (χ2v) is 12.7. The molecule has 1 aliphatic heterocycles. The van der Waals surface area contributed by atoms with Crippen molar-refractivity contribution in [3.63, 3.8) is 0 Å². The van der Waals surface area contributed by atoms with E-state index in [0.717, 1.165) is 6.07 Å². The Bertz CT molecular complexity index is 1560. The molecule has 38 heavy (non-hydrogen) atoms. The first kappa shape index (κ1) is 28.1. The molecule has 0 bridgehead atoms. The smallest absolute Gasteiger partial charge is 0.339 e. The average molecular weight is 587 g/mol. The van der Waals surface area contributed by atoms with Gasteiger partial charge in [-0.15, -0.1) is 0 Å². The van der Waals surface area contributed by atoms with Crippen LogP contribution in [-0.2, 0) is 26.0 Å². The van der Waals surface area contributed by atoms with Crippen LogP contribution in [-0.4, -0.2) is 46.8 Å². The fraction of sp³-hybridized carbons (Fsp3) is 0.240. The number of hydrogen-bond donors (Lipinski definition) is 1. The van der Waals surface area contributed by atoms with Crippen molar-refractivity contribution in [2.24, 2.45) is 0 Å². The van der Waals surface area contributed by atoms with E-state index < -0.39 is 47.4 Å². The van der Waals surface area contributed by atoms with Gasteiger partial charge in [-0.25, -0.2) is 21.6 Å². The van der Waals surface area contributed by atoms with Crippen LogP contribution < -0.4 is 4.72 Å². The zero-order valence-electron chi connectivity index (χ0n) is 19.7. The summed E-state index contributed by atoms with van der Waals surface area (Å²) in [6, 6.07) is 14.3. The Labute approximate surface area is 223 Å². The highest BCUT2D eigenvalue weighted by Crippen LogP contribution is 2.36. The first-order chi connectivity index (χ1) is 17.8. The number of likely N-dealkylation sites (tertiary alicyclic amines) is 1. The Morgan fingerprint density at radius 2 is 1.53 bits per heavy atom. The van der Waals surface area contributed by atoms with Crippen molar-refractivity contribution < 1.29 is 34.8 Å². The van der Waals surface area contributed by atoms with Gasteiger partial charge in [-0.1, -0.05) is 35.9 Å². The van der Waals surface area contributed by atoms with Crippen LogP contribution in [0.1, 0.15) is 28.8 Å². The maximum absolute atomic E-state index is 13.7. The maximum Gasteiger partial charge on any atom is 0.417 e. The molecule has 1 saturated heterocycles. The summed E-state index contributed by atoms with van der Waals surface area (Å²) < 4.78 is 95.7. The van der Waals surface area contributed by atoms with Gasteiger partial charge in [-0.3, -0.25) is 4.79 Å². The number of alkyl halides is 3. The molecule has 3 aromatic carbocycles. The molecule has 1 fully saturated rings. The van der Waals surface area contributed by atoms with Gasteiger partial charge in [0.1, 0.15) is 0 Å². The molecule has 202 valence electrons. The first-order valence-electron chi connectivity index (χ1n) is 11.4. The molecule has 0 saturated carbocycles. The fourth-order valence-corrected chi connectivity index (χ4v) is 7.28. The summed E-state index contributed by atoms with van der Waals surface area (Å²) in [4.78, 5) is 12.3. The molecule has 0 aromatic heterocycles. The summed E-state index contributed by atoms with van der Waals surface area (Å²) in [6.45, 7) is 0.320.